The lowest BCUT2D eigenvalue weighted by atomic mass is 9.87. The Morgan fingerprint density at radius 2 is 1.63 bits per heavy atom. The van der Waals surface area contributed by atoms with Crippen molar-refractivity contribution >= 4 is 23.7 Å². The zero-order valence-corrected chi connectivity index (χ0v) is 19.3. The van der Waals surface area contributed by atoms with Gasteiger partial charge < -0.3 is 29.3 Å². The summed E-state index contributed by atoms with van der Waals surface area (Å²) in [6.45, 7) is -0.652. The molecule has 2 N–H and O–H groups in total. The lowest BCUT2D eigenvalue weighted by Crippen LogP contribution is -2.40. The number of esters is 3. The minimum atomic E-state index is -1.54. The molecule has 0 radical (unpaired) electrons. The van der Waals surface area contributed by atoms with Crippen LogP contribution in [0, 0.1) is 15.5 Å². The molecule has 13 heteroatoms. The zero-order valence-electron chi connectivity index (χ0n) is 19.3. The molecule has 0 bridgehead atoms. The maximum atomic E-state index is 12.5. The molecule has 0 heterocycles. The molecule has 1 aromatic rings. The van der Waals surface area contributed by atoms with E-state index in [9.17, 15) is 39.5 Å². The fraction of sp³-hybridized carbons (Fsp3) is 0.545. The van der Waals surface area contributed by atoms with Crippen molar-refractivity contribution in [2.75, 3.05) is 33.0 Å². The summed E-state index contributed by atoms with van der Waals surface area (Å²) in [7, 11) is 0. The molecule has 0 unspecified atom stereocenters. The maximum Gasteiger partial charge on any atom is 0.349 e. The third-order valence-corrected chi connectivity index (χ3v) is 5.00. The predicted molar refractivity (Wildman–Crippen MR) is 117 cm³/mol. The number of aliphatic hydroxyl groups excluding tert-OH is 2. The summed E-state index contributed by atoms with van der Waals surface area (Å²) in [6, 6.07) is 5.81. The Morgan fingerprint density at radius 1 is 0.971 bits per heavy atom. The van der Waals surface area contributed by atoms with Crippen LogP contribution in [0.4, 0.5) is 0 Å². The molecule has 0 aromatic heterocycles. The normalized spacial score (nSPS) is 10.8. The van der Waals surface area contributed by atoms with Gasteiger partial charge in [0.1, 0.15) is 11.2 Å². The summed E-state index contributed by atoms with van der Waals surface area (Å²) in [5.74, 6) is -3.17. The number of Topliss-reactive ketones (excluding diaryl/α,β-unsaturated/α-hetero) is 1. The van der Waals surface area contributed by atoms with Gasteiger partial charge in [-0.25, -0.2) is 4.79 Å². The highest BCUT2D eigenvalue weighted by Gasteiger charge is 2.37. The molecule has 0 aliphatic carbocycles. The fourth-order valence-corrected chi connectivity index (χ4v) is 2.71. The van der Waals surface area contributed by atoms with E-state index in [0.717, 1.165) is 0 Å². The van der Waals surface area contributed by atoms with E-state index in [4.69, 9.17) is 14.2 Å². The average Bonchev–Trinajstić information content (AvgIpc) is 2.85. The molecule has 1 aromatic carbocycles. The Labute approximate surface area is 201 Å². The second-order valence-electron chi connectivity index (χ2n) is 7.40. The van der Waals surface area contributed by atoms with Gasteiger partial charge in [-0.05, 0) is 31.4 Å². The maximum absolute atomic E-state index is 12.5. The Hall–Kier alpha value is -3.58. The second kappa shape index (κ2) is 15.3. The Kier molecular flexibility index (Phi) is 12.9. The number of ketones is 1. The summed E-state index contributed by atoms with van der Waals surface area (Å²) in [6.07, 6.45) is 0.307. The van der Waals surface area contributed by atoms with Crippen molar-refractivity contribution in [1.82, 2.24) is 0 Å². The largest absolute Gasteiger partial charge is 0.466 e. The van der Waals surface area contributed by atoms with E-state index in [0.29, 0.717) is 12.8 Å². The van der Waals surface area contributed by atoms with Gasteiger partial charge in [-0.15, -0.1) is 10.1 Å². The zero-order chi connectivity index (χ0) is 26.3. The molecule has 0 fully saturated rings. The minimum Gasteiger partial charge on any atom is -0.466 e. The van der Waals surface area contributed by atoms with Crippen LogP contribution in [-0.2, 0) is 28.7 Å². The molecule has 0 aliphatic rings. The summed E-state index contributed by atoms with van der Waals surface area (Å²) in [5, 5.41) is 27.8. The van der Waals surface area contributed by atoms with Crippen LogP contribution in [-0.4, -0.2) is 72.0 Å². The highest BCUT2D eigenvalue weighted by molar-refractivity contribution is 6.00. The van der Waals surface area contributed by atoms with Gasteiger partial charge in [-0.2, -0.15) is 0 Å². The van der Waals surface area contributed by atoms with Crippen molar-refractivity contribution in [2.45, 2.75) is 39.0 Å². The average molecular weight is 499 g/mol. The van der Waals surface area contributed by atoms with E-state index in [1.165, 1.54) is 24.3 Å². The van der Waals surface area contributed by atoms with Crippen LogP contribution in [0.15, 0.2) is 24.3 Å². The first-order chi connectivity index (χ1) is 16.7. The smallest absolute Gasteiger partial charge is 0.349 e. The number of unbranched alkanes of at least 4 members (excludes halogenated alkanes) is 1. The van der Waals surface area contributed by atoms with E-state index >= 15 is 0 Å². The molecule has 13 nitrogen and oxygen atoms in total. The molecule has 0 amide bonds. The summed E-state index contributed by atoms with van der Waals surface area (Å²) >= 11 is 0. The molecular weight excluding hydrogens is 470 g/mol. The first-order valence-corrected chi connectivity index (χ1v) is 10.8. The highest BCUT2D eigenvalue weighted by atomic mass is 16.9. The van der Waals surface area contributed by atoms with Gasteiger partial charge in [0.15, 0.2) is 12.4 Å². The standard InChI is InChI=1S/C22H29NO12/c1-2-22(14-24,15-25)21(29)33-13-20(28)35-18-8-4-3-7-16(18)17(26)9-10-19(27)32-11-5-6-12-34-23(30)31/h3-4,7-8,24-25H,2,5-6,9-15H2,1H3. The van der Waals surface area contributed by atoms with Crippen LogP contribution < -0.4 is 4.74 Å². The number of rotatable bonds is 17. The molecule has 194 valence electrons. The van der Waals surface area contributed by atoms with E-state index in [1.807, 2.05) is 0 Å². The number of aliphatic hydroxyl groups is 2. The number of benzene rings is 1. The van der Waals surface area contributed by atoms with Crippen LogP contribution in [0.5, 0.6) is 5.75 Å². The number of para-hydroxylation sites is 1. The van der Waals surface area contributed by atoms with E-state index in [-0.39, 0.29) is 43.8 Å². The number of carbonyl (C=O) groups excluding carboxylic acids is 4. The van der Waals surface area contributed by atoms with Crippen molar-refractivity contribution < 1.29 is 53.5 Å². The van der Waals surface area contributed by atoms with Crippen LogP contribution in [0.3, 0.4) is 0 Å². The predicted octanol–water partition coefficient (Wildman–Crippen LogP) is 1.01. The van der Waals surface area contributed by atoms with E-state index in [2.05, 4.69) is 4.84 Å². The molecule has 0 atom stereocenters. The second-order valence-corrected chi connectivity index (χ2v) is 7.40. The van der Waals surface area contributed by atoms with Gasteiger partial charge in [-0.1, -0.05) is 19.1 Å². The Balaban J connectivity index is 2.54. The van der Waals surface area contributed by atoms with Crippen molar-refractivity contribution in [2.24, 2.45) is 5.41 Å². The van der Waals surface area contributed by atoms with Gasteiger partial charge in [0.05, 0.1) is 38.4 Å². The van der Waals surface area contributed by atoms with E-state index in [1.54, 1.807) is 6.92 Å². The van der Waals surface area contributed by atoms with Gasteiger partial charge in [0, 0.05) is 6.42 Å². The number of hydrogen-bond acceptors (Lipinski definition) is 12. The third kappa shape index (κ3) is 10.1. The van der Waals surface area contributed by atoms with Crippen LogP contribution >= 0.6 is 0 Å². The Bertz CT molecular complexity index is 873. The lowest BCUT2D eigenvalue weighted by Gasteiger charge is -2.25. The molecule has 0 spiro atoms. The van der Waals surface area contributed by atoms with Crippen molar-refractivity contribution in [3.05, 3.63) is 39.9 Å². The first-order valence-electron chi connectivity index (χ1n) is 10.8. The lowest BCUT2D eigenvalue weighted by molar-refractivity contribution is -0.757. The van der Waals surface area contributed by atoms with Crippen LogP contribution in [0.25, 0.3) is 0 Å². The molecule has 0 aliphatic heterocycles. The quantitative estimate of drug-likeness (QED) is 0.0774. The number of nitrogens with zero attached hydrogens (tertiary/aromatic N) is 1. The first kappa shape index (κ1) is 29.5. The molecular formula is C22H29NO12. The monoisotopic (exact) mass is 499 g/mol. The minimum absolute atomic E-state index is 0.0207. The van der Waals surface area contributed by atoms with Crippen molar-refractivity contribution in [3.63, 3.8) is 0 Å². The SMILES string of the molecule is CCC(CO)(CO)C(=O)OCC(=O)Oc1ccccc1C(=O)CCC(=O)OCCCCO[N+](=O)[O-]. The van der Waals surface area contributed by atoms with Gasteiger partial charge in [-0.3, -0.25) is 14.4 Å². The highest BCUT2D eigenvalue weighted by Crippen LogP contribution is 2.23. The van der Waals surface area contributed by atoms with Crippen LogP contribution in [0.2, 0.25) is 0 Å². The number of ether oxygens (including phenoxy) is 3. The summed E-state index contributed by atoms with van der Waals surface area (Å²) in [4.78, 5) is 62.7. The molecule has 35 heavy (non-hydrogen) atoms. The van der Waals surface area contributed by atoms with Crippen molar-refractivity contribution in [1.29, 1.82) is 0 Å². The van der Waals surface area contributed by atoms with Gasteiger partial charge >= 0.3 is 17.9 Å². The summed E-state index contributed by atoms with van der Waals surface area (Å²) in [5.41, 5.74) is -1.50. The topological polar surface area (TPSA) is 189 Å². The molecule has 0 saturated heterocycles. The number of carbonyl (C=O) groups is 4. The molecule has 1 rings (SSSR count). The van der Waals surface area contributed by atoms with Crippen LogP contribution in [0.1, 0.15) is 49.4 Å². The van der Waals surface area contributed by atoms with Gasteiger partial charge in [0.25, 0.3) is 5.09 Å². The Morgan fingerprint density at radius 3 is 2.26 bits per heavy atom. The van der Waals surface area contributed by atoms with E-state index < -0.39 is 54.0 Å². The van der Waals surface area contributed by atoms with Crippen molar-refractivity contribution in [3.8, 4) is 5.75 Å². The summed E-state index contributed by atoms with van der Waals surface area (Å²) < 4.78 is 14.9. The molecule has 0 saturated carbocycles. The van der Waals surface area contributed by atoms with Gasteiger partial charge in [0.2, 0.25) is 0 Å². The third-order valence-electron chi connectivity index (χ3n) is 5.00. The fourth-order valence-electron chi connectivity index (χ4n) is 2.71. The number of hydrogen-bond donors (Lipinski definition) is 2.